The molecule has 1 aliphatic carbocycles. The Kier molecular flexibility index (Phi) is 7.00. The number of amides is 1. The molecule has 2 heterocycles. The van der Waals surface area contributed by atoms with Crippen molar-refractivity contribution in [1.82, 2.24) is 4.90 Å². The number of anilines is 1. The molecule has 1 saturated carbocycles. The molecule has 2 fully saturated rings. The van der Waals surface area contributed by atoms with Crippen LogP contribution in [0, 0.1) is 5.92 Å². The number of fused-ring (bicyclic) bond motifs is 1. The third-order valence-corrected chi connectivity index (χ3v) is 7.28. The normalized spacial score (nSPS) is 21.9. The van der Waals surface area contributed by atoms with Crippen molar-refractivity contribution in [3.8, 4) is 0 Å². The summed E-state index contributed by atoms with van der Waals surface area (Å²) < 4.78 is 5.39. The monoisotopic (exact) mass is 441 g/mol. The van der Waals surface area contributed by atoms with E-state index in [2.05, 4.69) is 10.2 Å². The van der Waals surface area contributed by atoms with E-state index in [0.717, 1.165) is 60.8 Å². The Morgan fingerprint density at radius 1 is 1.23 bits per heavy atom. The van der Waals surface area contributed by atoms with Crippen molar-refractivity contribution in [2.45, 2.75) is 58.4 Å². The molecule has 31 heavy (non-hydrogen) atoms. The number of rotatable bonds is 5. The van der Waals surface area contributed by atoms with Gasteiger partial charge in [0.25, 0.3) is 0 Å². The number of allylic oxidation sites excluding steroid dienone is 1. The zero-order valence-corrected chi connectivity index (χ0v) is 19.2. The summed E-state index contributed by atoms with van der Waals surface area (Å²) in [6.07, 6.45) is 6.44. The van der Waals surface area contributed by atoms with Gasteiger partial charge in [0, 0.05) is 23.9 Å². The number of carbonyl (C=O) groups excluding carboxylic acids is 2. The van der Waals surface area contributed by atoms with Gasteiger partial charge in [-0.3, -0.25) is 4.79 Å². The number of nitrogens with zero attached hydrogens (tertiary/aromatic N) is 2. The summed E-state index contributed by atoms with van der Waals surface area (Å²) in [5, 5.41) is 4.08. The third-order valence-electron chi connectivity index (χ3n) is 6.20. The third kappa shape index (κ3) is 4.81. The lowest BCUT2D eigenvalue weighted by molar-refractivity contribution is -0.139. The molecule has 1 N–H and O–H groups in total. The second kappa shape index (κ2) is 9.90. The maximum Gasteiger partial charge on any atom is 0.338 e. The summed E-state index contributed by atoms with van der Waals surface area (Å²) in [6, 6.07) is 7.64. The van der Waals surface area contributed by atoms with Crippen LogP contribution < -0.4 is 5.32 Å². The topological polar surface area (TPSA) is 71.0 Å². The van der Waals surface area contributed by atoms with Gasteiger partial charge in [0.15, 0.2) is 5.17 Å². The quantitative estimate of drug-likeness (QED) is 0.659. The van der Waals surface area contributed by atoms with E-state index in [0.29, 0.717) is 17.9 Å². The Labute approximate surface area is 188 Å². The molecule has 1 aromatic rings. The molecule has 4 rings (SSSR count). The lowest BCUT2D eigenvalue weighted by Crippen LogP contribution is -2.42. The van der Waals surface area contributed by atoms with Crippen LogP contribution in [0.4, 0.5) is 5.69 Å². The van der Waals surface area contributed by atoms with Gasteiger partial charge in [0.1, 0.15) is 0 Å². The SMILES string of the molecule is CCOC(=O)C1=C(C)N=C2SCCCN2[C@@H]1c1cccc(NC(=O)C2CCCCC2)c1. The lowest BCUT2D eigenvalue weighted by atomic mass is 9.88. The lowest BCUT2D eigenvalue weighted by Gasteiger charge is -2.40. The highest BCUT2D eigenvalue weighted by Gasteiger charge is 2.38. The number of hydrogen-bond donors (Lipinski definition) is 1. The van der Waals surface area contributed by atoms with Crippen LogP contribution in [-0.4, -0.2) is 40.8 Å². The van der Waals surface area contributed by atoms with Crippen LogP contribution in [0.1, 0.15) is 64.0 Å². The first-order valence-electron chi connectivity index (χ1n) is 11.4. The standard InChI is InChI=1S/C24H31N3O3S/c1-3-30-23(29)20-16(2)25-24-27(13-8-14-31-24)21(20)18-11-7-12-19(15-18)26-22(28)17-9-5-4-6-10-17/h7,11-12,15,17,21H,3-6,8-10,13-14H2,1-2H3,(H,26,28)/t21-/m1/s1. The van der Waals surface area contributed by atoms with E-state index in [4.69, 9.17) is 9.73 Å². The number of benzene rings is 1. The Balaban J connectivity index is 1.64. The zero-order valence-electron chi connectivity index (χ0n) is 18.4. The highest BCUT2D eigenvalue weighted by Crippen LogP contribution is 2.40. The Bertz CT molecular complexity index is 905. The Morgan fingerprint density at radius 3 is 2.81 bits per heavy atom. The second-order valence-electron chi connectivity index (χ2n) is 8.36. The Morgan fingerprint density at radius 2 is 2.03 bits per heavy atom. The summed E-state index contributed by atoms with van der Waals surface area (Å²) in [7, 11) is 0. The fraction of sp³-hybridized carbons (Fsp3) is 0.542. The van der Waals surface area contributed by atoms with Crippen LogP contribution in [0.15, 0.2) is 40.5 Å². The molecule has 2 aliphatic heterocycles. The molecule has 0 aromatic heterocycles. The molecule has 1 atom stereocenters. The van der Waals surface area contributed by atoms with Crippen LogP contribution in [0.3, 0.4) is 0 Å². The maximum atomic E-state index is 12.9. The summed E-state index contributed by atoms with van der Waals surface area (Å²) >= 11 is 1.73. The second-order valence-corrected chi connectivity index (χ2v) is 9.42. The molecule has 3 aliphatic rings. The van der Waals surface area contributed by atoms with Gasteiger partial charge in [-0.2, -0.15) is 0 Å². The van der Waals surface area contributed by atoms with Gasteiger partial charge >= 0.3 is 5.97 Å². The van der Waals surface area contributed by atoms with Crippen molar-refractivity contribution in [2.24, 2.45) is 10.9 Å². The van der Waals surface area contributed by atoms with E-state index >= 15 is 0 Å². The molecular formula is C24H31N3O3S. The van der Waals surface area contributed by atoms with Gasteiger partial charge in [-0.05, 0) is 50.8 Å². The molecule has 166 valence electrons. The molecule has 1 aromatic carbocycles. The van der Waals surface area contributed by atoms with Crippen molar-refractivity contribution in [3.05, 3.63) is 41.1 Å². The Hall–Kier alpha value is -2.28. The van der Waals surface area contributed by atoms with Crippen LogP contribution in [0.5, 0.6) is 0 Å². The average Bonchev–Trinajstić information content (AvgIpc) is 2.79. The van der Waals surface area contributed by atoms with Crippen molar-refractivity contribution in [1.29, 1.82) is 0 Å². The number of esters is 1. The first-order chi connectivity index (χ1) is 15.1. The molecule has 0 spiro atoms. The molecule has 7 heteroatoms. The van der Waals surface area contributed by atoms with Gasteiger partial charge in [-0.15, -0.1) is 0 Å². The number of thioether (sulfide) groups is 1. The first-order valence-corrected chi connectivity index (χ1v) is 12.3. The smallest absolute Gasteiger partial charge is 0.338 e. The minimum Gasteiger partial charge on any atom is -0.463 e. The summed E-state index contributed by atoms with van der Waals surface area (Å²) in [4.78, 5) is 32.6. The van der Waals surface area contributed by atoms with E-state index in [1.165, 1.54) is 6.42 Å². The number of aliphatic imine (C=N–C) groups is 1. The predicted octanol–water partition coefficient (Wildman–Crippen LogP) is 4.89. The minimum absolute atomic E-state index is 0.0987. The molecular weight excluding hydrogens is 410 g/mol. The van der Waals surface area contributed by atoms with Gasteiger partial charge in [0.2, 0.25) is 5.91 Å². The predicted molar refractivity (Wildman–Crippen MR) is 125 cm³/mol. The number of ether oxygens (including phenoxy) is 1. The highest BCUT2D eigenvalue weighted by atomic mass is 32.2. The number of hydrogen-bond acceptors (Lipinski definition) is 6. The molecule has 0 radical (unpaired) electrons. The van der Waals surface area contributed by atoms with E-state index in [1.54, 1.807) is 11.8 Å². The summed E-state index contributed by atoms with van der Waals surface area (Å²) in [5.74, 6) is 0.914. The fourth-order valence-corrected chi connectivity index (χ4v) is 5.70. The van der Waals surface area contributed by atoms with Gasteiger partial charge in [0.05, 0.1) is 23.9 Å². The molecule has 0 bridgehead atoms. The van der Waals surface area contributed by atoms with Crippen LogP contribution in [0.25, 0.3) is 0 Å². The van der Waals surface area contributed by atoms with Crippen molar-refractivity contribution >= 4 is 34.5 Å². The van der Waals surface area contributed by atoms with Crippen molar-refractivity contribution < 1.29 is 14.3 Å². The van der Waals surface area contributed by atoms with E-state index in [-0.39, 0.29) is 23.8 Å². The van der Waals surface area contributed by atoms with Crippen molar-refractivity contribution in [2.75, 3.05) is 24.2 Å². The van der Waals surface area contributed by atoms with Crippen LogP contribution >= 0.6 is 11.8 Å². The van der Waals surface area contributed by atoms with E-state index < -0.39 is 0 Å². The first kappa shape index (κ1) is 21.9. The molecule has 1 saturated heterocycles. The number of carbonyl (C=O) groups is 2. The molecule has 0 unspecified atom stereocenters. The number of nitrogens with one attached hydrogen (secondary N) is 1. The summed E-state index contributed by atoms with van der Waals surface area (Å²) in [6.45, 7) is 4.86. The van der Waals surface area contributed by atoms with Gasteiger partial charge in [-0.1, -0.05) is 43.2 Å². The zero-order chi connectivity index (χ0) is 21.8. The average molecular weight is 442 g/mol. The fourth-order valence-electron chi connectivity index (χ4n) is 4.68. The van der Waals surface area contributed by atoms with Gasteiger partial charge < -0.3 is 15.0 Å². The van der Waals surface area contributed by atoms with E-state index in [9.17, 15) is 9.59 Å². The highest BCUT2D eigenvalue weighted by molar-refractivity contribution is 8.13. The van der Waals surface area contributed by atoms with E-state index in [1.807, 2.05) is 38.1 Å². The number of amidine groups is 1. The summed E-state index contributed by atoms with van der Waals surface area (Å²) in [5.41, 5.74) is 3.05. The maximum absolute atomic E-state index is 12.9. The molecule has 1 amide bonds. The van der Waals surface area contributed by atoms with Gasteiger partial charge in [-0.25, -0.2) is 9.79 Å². The van der Waals surface area contributed by atoms with Crippen LogP contribution in [-0.2, 0) is 14.3 Å². The minimum atomic E-state index is -0.319. The van der Waals surface area contributed by atoms with Crippen LogP contribution in [0.2, 0.25) is 0 Å². The van der Waals surface area contributed by atoms with Crippen molar-refractivity contribution in [3.63, 3.8) is 0 Å². The molecule has 6 nitrogen and oxygen atoms in total. The largest absolute Gasteiger partial charge is 0.463 e.